The number of hydrogen-bond donors (Lipinski definition) is 2. The summed E-state index contributed by atoms with van der Waals surface area (Å²) in [5, 5.41) is 30.2. The van der Waals surface area contributed by atoms with Crippen molar-refractivity contribution >= 4 is 17.7 Å². The fourth-order valence-electron chi connectivity index (χ4n) is 2.34. The van der Waals surface area contributed by atoms with Crippen LogP contribution in [0.25, 0.3) is 0 Å². The van der Waals surface area contributed by atoms with Crippen LogP contribution in [0.2, 0.25) is 0 Å². The van der Waals surface area contributed by atoms with Crippen molar-refractivity contribution in [1.82, 2.24) is 20.3 Å². The van der Waals surface area contributed by atoms with Gasteiger partial charge in [0.05, 0.1) is 49.6 Å². The van der Waals surface area contributed by atoms with E-state index in [9.17, 15) is 19.7 Å². The van der Waals surface area contributed by atoms with E-state index in [0.717, 1.165) is 6.07 Å². The molecule has 1 aromatic heterocycles. The second kappa shape index (κ2) is 11.4. The summed E-state index contributed by atoms with van der Waals surface area (Å²) in [6.45, 7) is 1.46. The first-order chi connectivity index (χ1) is 14.4. The zero-order valence-corrected chi connectivity index (χ0v) is 16.1. The first-order valence-corrected chi connectivity index (χ1v) is 8.77. The first-order valence-electron chi connectivity index (χ1n) is 8.77. The predicted molar refractivity (Wildman–Crippen MR) is 99.8 cm³/mol. The van der Waals surface area contributed by atoms with Crippen LogP contribution in [0.1, 0.15) is 21.6 Å². The van der Waals surface area contributed by atoms with E-state index in [2.05, 4.69) is 20.4 Å². The molecule has 30 heavy (non-hydrogen) atoms. The molecule has 162 valence electrons. The van der Waals surface area contributed by atoms with Gasteiger partial charge in [0.1, 0.15) is 12.3 Å². The van der Waals surface area contributed by atoms with Crippen molar-refractivity contribution in [3.05, 3.63) is 51.3 Å². The molecular weight excluding hydrogens is 402 g/mol. The molecule has 1 amide bonds. The van der Waals surface area contributed by atoms with Crippen molar-refractivity contribution < 1.29 is 33.8 Å². The minimum atomic E-state index is -1.55. The van der Waals surface area contributed by atoms with Crippen LogP contribution in [0.5, 0.6) is 0 Å². The van der Waals surface area contributed by atoms with Crippen LogP contribution in [-0.4, -0.2) is 64.0 Å². The minimum absolute atomic E-state index is 0.0367. The Balaban J connectivity index is 1.91. The molecule has 2 aromatic rings. The largest absolute Gasteiger partial charge is 0.506 e. The Morgan fingerprint density at radius 2 is 2.10 bits per heavy atom. The smallest absolute Gasteiger partial charge is 0.450 e. The van der Waals surface area contributed by atoms with E-state index in [1.54, 1.807) is 18.0 Å². The Morgan fingerprint density at radius 1 is 1.30 bits per heavy atom. The topological polar surface area (TPSA) is 168 Å². The Kier molecular flexibility index (Phi) is 8.65. The number of hydrogen-bond acceptors (Lipinski definition) is 9. The van der Waals surface area contributed by atoms with Crippen LogP contribution in [0.3, 0.4) is 0 Å². The fraction of sp³-hybridized carbons (Fsp3) is 0.412. The van der Waals surface area contributed by atoms with Crippen LogP contribution >= 0.6 is 0 Å². The van der Waals surface area contributed by atoms with Crippen molar-refractivity contribution in [2.24, 2.45) is 0 Å². The highest BCUT2D eigenvalue weighted by atomic mass is 16.7. The summed E-state index contributed by atoms with van der Waals surface area (Å²) in [6.07, 6.45) is 0.0927. The average molecular weight is 423 g/mol. The van der Waals surface area contributed by atoms with E-state index in [-0.39, 0.29) is 17.7 Å². The molecule has 0 aliphatic carbocycles. The Hall–Kier alpha value is -3.58. The lowest BCUT2D eigenvalue weighted by molar-refractivity contribution is -0.385. The van der Waals surface area contributed by atoms with E-state index in [0.29, 0.717) is 32.1 Å². The quantitative estimate of drug-likeness (QED) is 0.217. The number of nitrogens with one attached hydrogen (secondary N) is 1. The molecule has 1 aromatic carbocycles. The molecule has 2 rings (SSSR count). The lowest BCUT2D eigenvalue weighted by Gasteiger charge is -2.06. The summed E-state index contributed by atoms with van der Waals surface area (Å²) in [5.74, 6) is -0.554. The number of carboxylic acid groups (broad SMARTS) is 1. The molecule has 0 fully saturated rings. The maximum Gasteiger partial charge on any atom is 0.506 e. The molecule has 13 nitrogen and oxygen atoms in total. The highest BCUT2D eigenvalue weighted by Gasteiger charge is 2.19. The van der Waals surface area contributed by atoms with Gasteiger partial charge in [0, 0.05) is 18.7 Å². The van der Waals surface area contributed by atoms with Gasteiger partial charge in [-0.1, -0.05) is 5.21 Å². The molecule has 0 radical (unpaired) electrons. The maximum absolute atomic E-state index is 12.3. The van der Waals surface area contributed by atoms with Crippen LogP contribution in [-0.2, 0) is 33.9 Å². The SMILES string of the molecule is COCCOCCn1cc(CNC(=O)c2ccc(COC(=O)O)c([N+](=O)[O-])c2)nn1. The van der Waals surface area contributed by atoms with E-state index >= 15 is 0 Å². The predicted octanol–water partition coefficient (Wildman–Crippen LogP) is 0.974. The van der Waals surface area contributed by atoms with Gasteiger partial charge in [0.25, 0.3) is 11.6 Å². The number of rotatable bonds is 12. The van der Waals surface area contributed by atoms with Crippen molar-refractivity contribution in [1.29, 1.82) is 0 Å². The van der Waals surface area contributed by atoms with E-state index < -0.39 is 29.3 Å². The zero-order chi connectivity index (χ0) is 21.9. The van der Waals surface area contributed by atoms with Crippen LogP contribution in [0.4, 0.5) is 10.5 Å². The minimum Gasteiger partial charge on any atom is -0.450 e. The number of carbonyl (C=O) groups is 2. The van der Waals surface area contributed by atoms with Gasteiger partial charge < -0.3 is 24.6 Å². The highest BCUT2D eigenvalue weighted by Crippen LogP contribution is 2.21. The number of aromatic nitrogens is 3. The third-order valence-electron chi connectivity index (χ3n) is 3.81. The van der Waals surface area contributed by atoms with E-state index in [1.807, 2.05) is 0 Å². The average Bonchev–Trinajstić information content (AvgIpc) is 3.17. The lowest BCUT2D eigenvalue weighted by atomic mass is 10.1. The van der Waals surface area contributed by atoms with Gasteiger partial charge in [-0.2, -0.15) is 0 Å². The van der Waals surface area contributed by atoms with Gasteiger partial charge in [0.15, 0.2) is 0 Å². The Morgan fingerprint density at radius 3 is 2.80 bits per heavy atom. The monoisotopic (exact) mass is 423 g/mol. The van der Waals surface area contributed by atoms with E-state index in [4.69, 9.17) is 14.6 Å². The second-order valence-corrected chi connectivity index (χ2v) is 5.92. The summed E-state index contributed by atoms with van der Waals surface area (Å²) in [5.41, 5.74) is 0.166. The van der Waals surface area contributed by atoms with Crippen LogP contribution < -0.4 is 5.32 Å². The molecule has 0 unspecified atom stereocenters. The van der Waals surface area contributed by atoms with Gasteiger partial charge in [-0.3, -0.25) is 14.9 Å². The molecule has 0 aliphatic heterocycles. The van der Waals surface area contributed by atoms with Crippen molar-refractivity contribution in [2.45, 2.75) is 19.7 Å². The molecule has 0 saturated carbocycles. The number of amides is 1. The van der Waals surface area contributed by atoms with Crippen molar-refractivity contribution in [3.63, 3.8) is 0 Å². The Bertz CT molecular complexity index is 885. The molecule has 0 aliphatic rings. The number of nitro benzene ring substituents is 1. The normalized spacial score (nSPS) is 10.6. The number of nitro groups is 1. The Labute approximate surface area is 170 Å². The second-order valence-electron chi connectivity index (χ2n) is 5.92. The summed E-state index contributed by atoms with van der Waals surface area (Å²) < 4.78 is 16.1. The van der Waals surface area contributed by atoms with Crippen molar-refractivity contribution in [2.75, 3.05) is 26.9 Å². The molecule has 1 heterocycles. The van der Waals surface area contributed by atoms with E-state index in [1.165, 1.54) is 12.1 Å². The molecule has 2 N–H and O–H groups in total. The summed E-state index contributed by atoms with van der Waals surface area (Å²) in [6, 6.07) is 3.68. The summed E-state index contributed by atoms with van der Waals surface area (Å²) in [7, 11) is 1.59. The maximum atomic E-state index is 12.3. The number of benzene rings is 1. The molecule has 0 bridgehead atoms. The third kappa shape index (κ3) is 7.10. The van der Waals surface area contributed by atoms with Gasteiger partial charge in [-0.05, 0) is 12.1 Å². The number of nitrogens with zero attached hydrogens (tertiary/aromatic N) is 4. The molecule has 0 spiro atoms. The summed E-state index contributed by atoms with van der Waals surface area (Å²) in [4.78, 5) is 33.3. The third-order valence-corrected chi connectivity index (χ3v) is 3.81. The van der Waals surface area contributed by atoms with Crippen LogP contribution in [0, 0.1) is 10.1 Å². The lowest BCUT2D eigenvalue weighted by Crippen LogP contribution is -2.23. The van der Waals surface area contributed by atoms with Gasteiger partial charge in [0.2, 0.25) is 0 Å². The standard InChI is InChI=1S/C17H21N5O8/c1-28-6-7-29-5-4-21-10-14(19-20-21)9-18-16(23)12-2-3-13(11-30-17(24)25)15(8-12)22(26)27/h2-3,8,10H,4-7,9,11H2,1H3,(H,18,23)(H,24,25). The van der Waals surface area contributed by atoms with Crippen LogP contribution in [0.15, 0.2) is 24.4 Å². The fourth-order valence-corrected chi connectivity index (χ4v) is 2.34. The molecule has 13 heteroatoms. The highest BCUT2D eigenvalue weighted by molar-refractivity contribution is 5.94. The van der Waals surface area contributed by atoms with Crippen molar-refractivity contribution in [3.8, 4) is 0 Å². The first kappa shape index (κ1) is 22.7. The number of carbonyl (C=O) groups excluding carboxylic acids is 1. The molecule has 0 atom stereocenters. The number of methoxy groups -OCH3 is 1. The van der Waals surface area contributed by atoms with Gasteiger partial charge in [-0.15, -0.1) is 5.10 Å². The van der Waals surface area contributed by atoms with Gasteiger partial charge >= 0.3 is 6.16 Å². The number of ether oxygens (including phenoxy) is 3. The molecule has 0 saturated heterocycles. The van der Waals surface area contributed by atoms with Gasteiger partial charge in [-0.25, -0.2) is 9.48 Å². The molecular formula is C17H21N5O8. The summed E-state index contributed by atoms with van der Waals surface area (Å²) >= 11 is 0. The zero-order valence-electron chi connectivity index (χ0n) is 16.1.